The Morgan fingerprint density at radius 1 is 0.609 bits per heavy atom. The summed E-state index contributed by atoms with van der Waals surface area (Å²) in [7, 11) is 0. The topological polar surface area (TPSA) is 43.4 Å². The molecule has 1 aliphatic heterocycles. The van der Waals surface area contributed by atoms with E-state index >= 15 is 0 Å². The first-order valence-corrected chi connectivity index (χ1v) is 7.54. The van der Waals surface area contributed by atoms with Gasteiger partial charge in [-0.1, -0.05) is 72.8 Å². The highest BCUT2D eigenvalue weighted by Gasteiger charge is 2.49. The molecule has 0 amide bonds. The van der Waals surface area contributed by atoms with Crippen molar-refractivity contribution in [1.29, 1.82) is 0 Å². The molecule has 0 N–H and O–H groups in total. The molecule has 2 aromatic rings. The van der Waals surface area contributed by atoms with Crippen LogP contribution in [0, 0.1) is 11.8 Å². The summed E-state index contributed by atoms with van der Waals surface area (Å²) >= 11 is 0. The fourth-order valence-corrected chi connectivity index (χ4v) is 3.31. The van der Waals surface area contributed by atoms with Gasteiger partial charge in [0.05, 0.1) is 0 Å². The van der Waals surface area contributed by atoms with Crippen LogP contribution in [0.2, 0.25) is 0 Å². The molecule has 0 spiro atoms. The summed E-state index contributed by atoms with van der Waals surface area (Å²) in [6.45, 7) is 0. The van der Waals surface area contributed by atoms with Gasteiger partial charge in [-0.25, -0.2) is 0 Å². The Morgan fingerprint density at radius 3 is 1.39 bits per heavy atom. The van der Waals surface area contributed by atoms with Crippen molar-refractivity contribution in [1.82, 2.24) is 0 Å². The van der Waals surface area contributed by atoms with E-state index in [2.05, 4.69) is 0 Å². The fourth-order valence-electron chi connectivity index (χ4n) is 3.31. The molecule has 3 nitrogen and oxygen atoms in total. The van der Waals surface area contributed by atoms with Crippen molar-refractivity contribution in [3.63, 3.8) is 0 Å². The maximum atomic E-state index is 12.3. The first-order chi connectivity index (χ1) is 11.3. The Hall–Kier alpha value is -2.94. The minimum Gasteiger partial charge on any atom is -0.392 e. The van der Waals surface area contributed by atoms with Gasteiger partial charge in [-0.3, -0.25) is 9.59 Å². The summed E-state index contributed by atoms with van der Waals surface area (Å²) in [5.41, 5.74) is 3.56. The number of ether oxygens (including phenoxy) is 1. The zero-order chi connectivity index (χ0) is 15.8. The van der Waals surface area contributed by atoms with E-state index in [4.69, 9.17) is 4.74 Å². The Balaban J connectivity index is 1.87. The van der Waals surface area contributed by atoms with E-state index in [9.17, 15) is 9.59 Å². The summed E-state index contributed by atoms with van der Waals surface area (Å²) in [6, 6.07) is 19.3. The van der Waals surface area contributed by atoms with Crippen molar-refractivity contribution in [2.45, 2.75) is 0 Å². The normalized spacial score (nSPS) is 23.0. The van der Waals surface area contributed by atoms with Crippen LogP contribution in [0.15, 0.2) is 72.8 Å². The number of allylic oxidation sites excluding steroid dienone is 2. The van der Waals surface area contributed by atoms with Gasteiger partial charge >= 0.3 is 11.9 Å². The van der Waals surface area contributed by atoms with Gasteiger partial charge in [0.2, 0.25) is 0 Å². The van der Waals surface area contributed by atoms with Crippen molar-refractivity contribution in [3.05, 3.63) is 83.9 Å². The molecule has 0 radical (unpaired) electrons. The molecule has 0 bridgehead atoms. The highest BCUT2D eigenvalue weighted by molar-refractivity contribution is 6.10. The second kappa shape index (κ2) is 5.36. The molecule has 23 heavy (non-hydrogen) atoms. The SMILES string of the molecule is O=C1OC(=O)C2C(c3ccccc3)=CC=C(c3ccccc3)C12. The first kappa shape index (κ1) is 13.7. The van der Waals surface area contributed by atoms with E-state index in [1.165, 1.54) is 0 Å². The van der Waals surface area contributed by atoms with Crippen molar-refractivity contribution >= 4 is 23.1 Å². The molecule has 112 valence electrons. The molecule has 1 fully saturated rings. The zero-order valence-corrected chi connectivity index (χ0v) is 12.3. The Labute approximate surface area is 133 Å². The van der Waals surface area contributed by atoms with Crippen LogP contribution in [0.5, 0.6) is 0 Å². The molecule has 3 heteroatoms. The number of esters is 2. The standard InChI is InChI=1S/C20H14O3/c21-19-17-15(13-7-3-1-4-8-13)11-12-16(18(17)20(22)23-19)14-9-5-2-6-10-14/h1-12,17-18H. The highest BCUT2D eigenvalue weighted by atomic mass is 16.6. The van der Waals surface area contributed by atoms with Gasteiger partial charge < -0.3 is 4.74 Å². The first-order valence-electron chi connectivity index (χ1n) is 7.54. The van der Waals surface area contributed by atoms with E-state index in [1.54, 1.807) is 0 Å². The molecule has 2 aromatic carbocycles. The third kappa shape index (κ3) is 2.21. The second-order valence-electron chi connectivity index (χ2n) is 5.67. The largest absolute Gasteiger partial charge is 0.392 e. The average Bonchev–Trinajstić information content (AvgIpc) is 2.91. The lowest BCUT2D eigenvalue weighted by molar-refractivity contribution is -0.153. The van der Waals surface area contributed by atoms with Crippen molar-refractivity contribution in [2.24, 2.45) is 11.8 Å². The van der Waals surface area contributed by atoms with Gasteiger partial charge in [0, 0.05) is 0 Å². The molecule has 1 heterocycles. The minimum absolute atomic E-state index is 0.461. The van der Waals surface area contributed by atoms with Gasteiger partial charge in [-0.05, 0) is 22.3 Å². The van der Waals surface area contributed by atoms with Crippen LogP contribution in [0.25, 0.3) is 11.1 Å². The molecule has 0 saturated carbocycles. The molecule has 4 rings (SSSR count). The third-order valence-corrected chi connectivity index (χ3v) is 4.37. The van der Waals surface area contributed by atoms with E-state index in [1.807, 2.05) is 72.8 Å². The quantitative estimate of drug-likeness (QED) is 0.630. The third-order valence-electron chi connectivity index (χ3n) is 4.37. The van der Waals surface area contributed by atoms with E-state index in [-0.39, 0.29) is 0 Å². The molecule has 1 aliphatic carbocycles. The maximum Gasteiger partial charge on any atom is 0.322 e. The maximum absolute atomic E-state index is 12.3. The molecule has 2 atom stereocenters. The molecule has 2 unspecified atom stereocenters. The molecule has 0 aromatic heterocycles. The Bertz CT molecular complexity index is 760. The van der Waals surface area contributed by atoms with Gasteiger partial charge in [0.15, 0.2) is 0 Å². The number of benzene rings is 2. The summed E-state index contributed by atoms with van der Waals surface area (Å²) in [4.78, 5) is 24.5. The summed E-state index contributed by atoms with van der Waals surface area (Å²) in [5, 5.41) is 0. The van der Waals surface area contributed by atoms with Gasteiger partial charge in [-0.15, -0.1) is 0 Å². The van der Waals surface area contributed by atoms with Crippen LogP contribution in [0.1, 0.15) is 11.1 Å². The van der Waals surface area contributed by atoms with Crippen LogP contribution in [-0.4, -0.2) is 11.9 Å². The predicted molar refractivity (Wildman–Crippen MR) is 86.9 cm³/mol. The van der Waals surface area contributed by atoms with E-state index in [0.29, 0.717) is 0 Å². The lowest BCUT2D eigenvalue weighted by atomic mass is 9.74. The van der Waals surface area contributed by atoms with Crippen molar-refractivity contribution in [2.75, 3.05) is 0 Å². The number of carbonyl (C=O) groups excluding carboxylic acids is 2. The Morgan fingerprint density at radius 2 is 1.00 bits per heavy atom. The van der Waals surface area contributed by atoms with Crippen molar-refractivity contribution in [3.8, 4) is 0 Å². The number of hydrogen-bond acceptors (Lipinski definition) is 3. The summed E-state index contributed by atoms with van der Waals surface area (Å²) in [5.74, 6) is -2.05. The van der Waals surface area contributed by atoms with Crippen LogP contribution in [-0.2, 0) is 14.3 Å². The van der Waals surface area contributed by atoms with Crippen LogP contribution < -0.4 is 0 Å². The Kier molecular flexibility index (Phi) is 3.19. The van der Waals surface area contributed by atoms with E-state index in [0.717, 1.165) is 22.3 Å². The monoisotopic (exact) mass is 302 g/mol. The molecular formula is C20H14O3. The highest BCUT2D eigenvalue weighted by Crippen LogP contribution is 2.45. The van der Waals surface area contributed by atoms with Crippen LogP contribution >= 0.6 is 0 Å². The number of rotatable bonds is 2. The number of carbonyl (C=O) groups is 2. The summed E-state index contributed by atoms with van der Waals surface area (Å²) in [6.07, 6.45) is 3.86. The average molecular weight is 302 g/mol. The van der Waals surface area contributed by atoms with Gasteiger partial charge in [-0.2, -0.15) is 0 Å². The minimum atomic E-state index is -0.565. The lowest BCUT2D eigenvalue weighted by Gasteiger charge is -2.24. The van der Waals surface area contributed by atoms with Gasteiger partial charge in [0.1, 0.15) is 11.8 Å². The number of fused-ring (bicyclic) bond motifs is 1. The lowest BCUT2D eigenvalue weighted by Crippen LogP contribution is -2.23. The molecular weight excluding hydrogens is 288 g/mol. The second-order valence-corrected chi connectivity index (χ2v) is 5.67. The zero-order valence-electron chi connectivity index (χ0n) is 12.3. The van der Waals surface area contributed by atoms with Crippen LogP contribution in [0.3, 0.4) is 0 Å². The van der Waals surface area contributed by atoms with Gasteiger partial charge in [0.25, 0.3) is 0 Å². The van der Waals surface area contributed by atoms with Crippen LogP contribution in [0.4, 0.5) is 0 Å². The fraction of sp³-hybridized carbons (Fsp3) is 0.100. The number of hydrogen-bond donors (Lipinski definition) is 0. The predicted octanol–water partition coefficient (Wildman–Crippen LogP) is 3.48. The summed E-state index contributed by atoms with van der Waals surface area (Å²) < 4.78 is 4.95. The van der Waals surface area contributed by atoms with Crippen molar-refractivity contribution < 1.29 is 14.3 Å². The molecule has 1 saturated heterocycles. The van der Waals surface area contributed by atoms with E-state index < -0.39 is 23.8 Å². The molecule has 2 aliphatic rings. The number of cyclic esters (lactones) is 2. The smallest absolute Gasteiger partial charge is 0.322 e.